The lowest BCUT2D eigenvalue weighted by Gasteiger charge is -2.16. The number of nitrogens with zero attached hydrogens (tertiary/aromatic N) is 2. The molecular formula is C22H23F3N6O2. The molecule has 3 aromatic rings. The first-order valence-corrected chi connectivity index (χ1v) is 10.6. The number of aromatic amines is 1. The molecule has 0 spiro atoms. The van der Waals surface area contributed by atoms with E-state index < -0.39 is 18.1 Å². The number of hydrogen-bond acceptors (Lipinski definition) is 5. The molecule has 1 saturated carbocycles. The van der Waals surface area contributed by atoms with Crippen molar-refractivity contribution in [1.82, 2.24) is 20.3 Å². The van der Waals surface area contributed by atoms with Crippen LogP contribution in [0.25, 0.3) is 11.0 Å². The third-order valence-corrected chi connectivity index (χ3v) is 5.56. The summed E-state index contributed by atoms with van der Waals surface area (Å²) in [5.41, 5.74) is 3.14. The molecule has 2 aromatic heterocycles. The number of fused-ring (bicyclic) bond motifs is 1. The van der Waals surface area contributed by atoms with Gasteiger partial charge in [-0.1, -0.05) is 6.92 Å². The Morgan fingerprint density at radius 1 is 1.21 bits per heavy atom. The van der Waals surface area contributed by atoms with Crippen LogP contribution >= 0.6 is 0 Å². The molecule has 0 unspecified atom stereocenters. The summed E-state index contributed by atoms with van der Waals surface area (Å²) in [7, 11) is 0. The molecule has 0 radical (unpaired) electrons. The quantitative estimate of drug-likeness (QED) is 0.407. The van der Waals surface area contributed by atoms with Gasteiger partial charge in [-0.05, 0) is 43.9 Å². The summed E-state index contributed by atoms with van der Waals surface area (Å²) in [4.78, 5) is 35.3. The number of H-pyrrole nitrogens is 1. The summed E-state index contributed by atoms with van der Waals surface area (Å²) in [6, 6.07) is 2.75. The monoisotopic (exact) mass is 460 g/mol. The van der Waals surface area contributed by atoms with Crippen LogP contribution < -0.4 is 16.0 Å². The number of carbonyl (C=O) groups is 2. The molecule has 33 heavy (non-hydrogen) atoms. The molecule has 2 amide bonds. The third kappa shape index (κ3) is 4.76. The summed E-state index contributed by atoms with van der Waals surface area (Å²) in [5, 5.41) is 7.97. The van der Waals surface area contributed by atoms with E-state index in [4.69, 9.17) is 0 Å². The number of carbonyl (C=O) groups excluding carboxylic acids is 2. The second-order valence-corrected chi connectivity index (χ2v) is 7.92. The number of amides is 2. The Labute approximate surface area is 187 Å². The Balaban J connectivity index is 1.64. The van der Waals surface area contributed by atoms with E-state index in [-0.39, 0.29) is 23.9 Å². The van der Waals surface area contributed by atoms with Gasteiger partial charge in [0, 0.05) is 29.3 Å². The molecule has 0 bridgehead atoms. The van der Waals surface area contributed by atoms with Crippen LogP contribution in [0.5, 0.6) is 0 Å². The normalized spacial score (nSPS) is 13.4. The van der Waals surface area contributed by atoms with Crippen molar-refractivity contribution in [3.05, 3.63) is 41.0 Å². The molecule has 0 saturated heterocycles. The lowest BCUT2D eigenvalue weighted by molar-refractivity contribution is -0.131. The Morgan fingerprint density at radius 3 is 2.64 bits per heavy atom. The van der Waals surface area contributed by atoms with E-state index in [1.807, 2.05) is 12.2 Å². The van der Waals surface area contributed by atoms with Gasteiger partial charge in [0.15, 0.2) is 5.82 Å². The van der Waals surface area contributed by atoms with Gasteiger partial charge in [0.2, 0.25) is 5.91 Å². The Kier molecular flexibility index (Phi) is 6.21. The van der Waals surface area contributed by atoms with Crippen molar-refractivity contribution in [1.29, 1.82) is 0 Å². The first-order valence-electron chi connectivity index (χ1n) is 10.6. The van der Waals surface area contributed by atoms with Gasteiger partial charge in [-0.2, -0.15) is 8.78 Å². The summed E-state index contributed by atoms with van der Waals surface area (Å²) in [6.45, 7) is 3.32. The van der Waals surface area contributed by atoms with Crippen LogP contribution in [0.3, 0.4) is 0 Å². The number of rotatable bonds is 8. The number of hydrogen-bond donors (Lipinski definition) is 4. The zero-order valence-corrected chi connectivity index (χ0v) is 18.1. The van der Waals surface area contributed by atoms with Crippen molar-refractivity contribution in [3.8, 4) is 0 Å². The van der Waals surface area contributed by atoms with Crippen molar-refractivity contribution in [3.63, 3.8) is 0 Å². The standard InChI is InChI=1S/C22H23F3N6O2/c1-3-11-6-13(8-26-22(33)18(24)25)14(23)7-15(11)29-19-10(2)16-17(28-9-27-16)20(30-19)31-21(32)12-4-5-12/h6-7,9,12,18H,3-5,8H2,1-2H3,(H,26,33)(H,27,28)(H2,29,30,31,32). The lowest BCUT2D eigenvalue weighted by Crippen LogP contribution is -2.29. The van der Waals surface area contributed by atoms with Gasteiger partial charge >= 0.3 is 6.43 Å². The topological polar surface area (TPSA) is 112 Å². The molecule has 1 aliphatic rings. The van der Waals surface area contributed by atoms with Crippen LogP contribution in [-0.2, 0) is 22.6 Å². The molecule has 4 N–H and O–H groups in total. The van der Waals surface area contributed by atoms with Crippen LogP contribution in [0.2, 0.25) is 0 Å². The van der Waals surface area contributed by atoms with Gasteiger partial charge in [-0.3, -0.25) is 9.59 Å². The van der Waals surface area contributed by atoms with Gasteiger partial charge in [-0.15, -0.1) is 0 Å². The van der Waals surface area contributed by atoms with Crippen molar-refractivity contribution in [2.75, 3.05) is 10.6 Å². The minimum atomic E-state index is -3.17. The minimum Gasteiger partial charge on any atom is -0.347 e. The maximum absolute atomic E-state index is 14.7. The summed E-state index contributed by atoms with van der Waals surface area (Å²) in [5.74, 6) is -1.51. The first-order chi connectivity index (χ1) is 15.8. The number of benzene rings is 1. The maximum Gasteiger partial charge on any atom is 0.315 e. The lowest BCUT2D eigenvalue weighted by atomic mass is 10.0. The van der Waals surface area contributed by atoms with E-state index >= 15 is 0 Å². The molecular weight excluding hydrogens is 437 g/mol. The van der Waals surface area contributed by atoms with Gasteiger partial charge < -0.3 is 20.9 Å². The van der Waals surface area contributed by atoms with E-state index in [1.165, 1.54) is 18.5 Å². The smallest absolute Gasteiger partial charge is 0.315 e. The number of aryl methyl sites for hydroxylation is 2. The van der Waals surface area contributed by atoms with E-state index in [2.05, 4.69) is 25.6 Å². The highest BCUT2D eigenvalue weighted by molar-refractivity contribution is 6.01. The van der Waals surface area contributed by atoms with E-state index in [1.54, 1.807) is 6.92 Å². The fraction of sp³-hybridized carbons (Fsp3) is 0.364. The molecule has 11 heteroatoms. The van der Waals surface area contributed by atoms with Gasteiger partial charge in [0.05, 0.1) is 11.8 Å². The van der Waals surface area contributed by atoms with Gasteiger partial charge in [0.1, 0.15) is 17.2 Å². The Bertz CT molecular complexity index is 1220. The van der Waals surface area contributed by atoms with E-state index in [0.29, 0.717) is 45.9 Å². The first kappa shape index (κ1) is 22.6. The number of alkyl halides is 2. The average Bonchev–Trinajstić information content (AvgIpc) is 3.52. The average molecular weight is 460 g/mol. The van der Waals surface area contributed by atoms with Gasteiger partial charge in [-0.25, -0.2) is 14.4 Å². The summed E-state index contributed by atoms with van der Waals surface area (Å²) < 4.78 is 39.5. The Morgan fingerprint density at radius 2 is 1.97 bits per heavy atom. The molecule has 4 rings (SSSR count). The summed E-state index contributed by atoms with van der Waals surface area (Å²) >= 11 is 0. The zero-order valence-electron chi connectivity index (χ0n) is 18.1. The number of pyridine rings is 1. The van der Waals surface area contributed by atoms with E-state index in [9.17, 15) is 22.8 Å². The van der Waals surface area contributed by atoms with Crippen LogP contribution in [0.15, 0.2) is 18.5 Å². The molecule has 0 aliphatic heterocycles. The second-order valence-electron chi connectivity index (χ2n) is 7.92. The molecule has 2 heterocycles. The molecule has 1 aliphatic carbocycles. The zero-order chi connectivity index (χ0) is 23.7. The summed E-state index contributed by atoms with van der Waals surface area (Å²) in [6.07, 6.45) is 0.541. The van der Waals surface area contributed by atoms with Crippen molar-refractivity contribution in [2.45, 2.75) is 46.1 Å². The molecule has 1 aromatic carbocycles. The number of imidazole rings is 1. The largest absolute Gasteiger partial charge is 0.347 e. The van der Waals surface area contributed by atoms with Crippen molar-refractivity contribution in [2.24, 2.45) is 5.92 Å². The fourth-order valence-corrected chi connectivity index (χ4v) is 3.50. The van der Waals surface area contributed by atoms with Crippen molar-refractivity contribution < 1.29 is 22.8 Å². The minimum absolute atomic E-state index is 0.0126. The number of aromatic nitrogens is 3. The SMILES string of the molecule is CCc1cc(CNC(=O)C(F)F)c(F)cc1Nc1nc(NC(=O)C2CC2)c2[nH]cnc2c1C. The van der Waals surface area contributed by atoms with Gasteiger partial charge in [0.25, 0.3) is 5.91 Å². The van der Waals surface area contributed by atoms with E-state index in [0.717, 1.165) is 12.8 Å². The second kappa shape index (κ2) is 9.08. The van der Waals surface area contributed by atoms with Crippen LogP contribution in [-0.4, -0.2) is 33.2 Å². The highest BCUT2D eigenvalue weighted by Gasteiger charge is 2.30. The third-order valence-electron chi connectivity index (χ3n) is 5.56. The Hall–Kier alpha value is -3.63. The molecule has 1 fully saturated rings. The fourth-order valence-electron chi connectivity index (χ4n) is 3.50. The number of halogens is 3. The van der Waals surface area contributed by atoms with Crippen LogP contribution in [0, 0.1) is 18.7 Å². The predicted octanol–water partition coefficient (Wildman–Crippen LogP) is 3.94. The number of nitrogens with one attached hydrogen (secondary N) is 4. The predicted molar refractivity (Wildman–Crippen MR) is 117 cm³/mol. The number of anilines is 3. The maximum atomic E-state index is 14.7. The highest BCUT2D eigenvalue weighted by atomic mass is 19.3. The van der Waals surface area contributed by atoms with Crippen LogP contribution in [0.4, 0.5) is 30.5 Å². The van der Waals surface area contributed by atoms with Crippen LogP contribution in [0.1, 0.15) is 36.5 Å². The highest BCUT2D eigenvalue weighted by Crippen LogP contribution is 2.34. The van der Waals surface area contributed by atoms with Crippen molar-refractivity contribution >= 4 is 40.2 Å². The molecule has 8 nitrogen and oxygen atoms in total. The molecule has 174 valence electrons. The molecule has 0 atom stereocenters.